The van der Waals surface area contributed by atoms with Crippen molar-refractivity contribution in [3.8, 4) is 33.6 Å². The van der Waals surface area contributed by atoms with E-state index in [9.17, 15) is 0 Å². The van der Waals surface area contributed by atoms with Crippen molar-refractivity contribution >= 4 is 87.3 Å². The molecule has 3 aromatic heterocycles. The van der Waals surface area contributed by atoms with E-state index in [1.807, 2.05) is 23.5 Å². The van der Waals surface area contributed by atoms with Crippen molar-refractivity contribution in [3.05, 3.63) is 194 Å². The summed E-state index contributed by atoms with van der Waals surface area (Å²) in [6.45, 7) is 7.97. The number of rotatable bonds is 6. The molecule has 0 aliphatic carbocycles. The summed E-state index contributed by atoms with van der Waals surface area (Å²) in [6.07, 6.45) is 3.82. The van der Waals surface area contributed by atoms with Crippen molar-refractivity contribution in [2.24, 2.45) is 0 Å². The Kier molecular flexibility index (Phi) is 7.07. The van der Waals surface area contributed by atoms with Crippen molar-refractivity contribution in [3.63, 3.8) is 0 Å². The summed E-state index contributed by atoms with van der Waals surface area (Å²) in [7, 11) is 0. The Morgan fingerprint density at radius 1 is 0.382 bits per heavy atom. The maximum atomic E-state index is 3.99. The van der Waals surface area contributed by atoms with Gasteiger partial charge in [0.05, 0.1) is 32.5 Å². The lowest BCUT2D eigenvalue weighted by Crippen LogP contribution is -1.94. The van der Waals surface area contributed by atoms with Gasteiger partial charge in [0.1, 0.15) is 0 Å². The van der Waals surface area contributed by atoms with Crippen LogP contribution in [0.2, 0.25) is 0 Å². The molecule has 8 aromatic carbocycles. The first-order valence-corrected chi connectivity index (χ1v) is 19.5. The molecule has 0 fully saturated rings. The zero-order valence-electron chi connectivity index (χ0n) is 30.0. The number of nitrogens with zero attached hydrogens (tertiary/aromatic N) is 2. The Morgan fingerprint density at radius 2 is 0.909 bits per heavy atom. The van der Waals surface area contributed by atoms with Gasteiger partial charge in [0, 0.05) is 42.7 Å². The molecule has 0 unspecified atom stereocenters. The molecule has 0 radical (unpaired) electrons. The molecule has 11 rings (SSSR count). The van der Waals surface area contributed by atoms with Crippen LogP contribution in [0.3, 0.4) is 0 Å². The fourth-order valence-electron chi connectivity index (χ4n) is 8.62. The van der Waals surface area contributed by atoms with E-state index in [1.54, 1.807) is 0 Å². The number of hydrogen-bond acceptors (Lipinski definition) is 1. The lowest BCUT2D eigenvalue weighted by molar-refractivity contribution is 1.19. The Balaban J connectivity index is 1.09. The van der Waals surface area contributed by atoms with Gasteiger partial charge < -0.3 is 9.13 Å². The minimum Gasteiger partial charge on any atom is -0.309 e. The molecule has 0 amide bonds. The van der Waals surface area contributed by atoms with Crippen LogP contribution in [0.4, 0.5) is 0 Å². The van der Waals surface area contributed by atoms with Crippen LogP contribution < -0.4 is 0 Å². The van der Waals surface area contributed by atoms with Gasteiger partial charge in [0.15, 0.2) is 0 Å². The van der Waals surface area contributed by atoms with Crippen LogP contribution in [0.15, 0.2) is 183 Å². The summed E-state index contributed by atoms with van der Waals surface area (Å²) in [5, 5.41) is 7.54. The summed E-state index contributed by atoms with van der Waals surface area (Å²) in [6, 6.07) is 62.3. The Hall–Kier alpha value is -6.94. The van der Waals surface area contributed by atoms with Crippen LogP contribution >= 0.6 is 11.3 Å². The fraction of sp³-hybridized carbons (Fsp3) is 0. The second-order valence-corrected chi connectivity index (χ2v) is 15.3. The van der Waals surface area contributed by atoms with E-state index in [4.69, 9.17) is 0 Å². The number of para-hydroxylation sites is 2. The highest BCUT2D eigenvalue weighted by Crippen LogP contribution is 2.43. The summed E-state index contributed by atoms with van der Waals surface area (Å²) < 4.78 is 7.45. The lowest BCUT2D eigenvalue weighted by atomic mass is 10.0. The number of hydrogen-bond donors (Lipinski definition) is 0. The summed E-state index contributed by atoms with van der Waals surface area (Å²) >= 11 is 1.88. The zero-order valence-corrected chi connectivity index (χ0v) is 30.9. The lowest BCUT2D eigenvalue weighted by Gasteiger charge is -2.10. The number of benzene rings is 8. The van der Waals surface area contributed by atoms with E-state index >= 15 is 0 Å². The molecule has 3 heteroatoms. The SMILES string of the molecule is C=Cc1cccc(-c2ccc3c(c2)c2ccccc2n3-c2ccc3sc4c(-n5c6ccccc6c6cc(-c7cccc(C=C)c7)ccc65)cccc4c3c2)c1. The van der Waals surface area contributed by atoms with E-state index in [-0.39, 0.29) is 0 Å². The molecule has 0 atom stereocenters. The third kappa shape index (κ3) is 4.87. The largest absolute Gasteiger partial charge is 0.309 e. The first kappa shape index (κ1) is 31.6. The third-order valence-electron chi connectivity index (χ3n) is 11.2. The average molecular weight is 719 g/mol. The molecule has 0 saturated heterocycles. The van der Waals surface area contributed by atoms with Crippen molar-refractivity contribution in [2.45, 2.75) is 0 Å². The molecular weight excluding hydrogens is 685 g/mol. The molecule has 55 heavy (non-hydrogen) atoms. The molecule has 258 valence electrons. The highest BCUT2D eigenvalue weighted by molar-refractivity contribution is 7.26. The fourth-order valence-corrected chi connectivity index (χ4v) is 9.81. The van der Waals surface area contributed by atoms with Gasteiger partial charge in [-0.25, -0.2) is 0 Å². The van der Waals surface area contributed by atoms with Gasteiger partial charge in [-0.2, -0.15) is 0 Å². The van der Waals surface area contributed by atoms with Gasteiger partial charge in [-0.1, -0.05) is 122 Å². The molecule has 3 heterocycles. The van der Waals surface area contributed by atoms with E-state index in [1.165, 1.54) is 91.7 Å². The second kappa shape index (κ2) is 12.3. The monoisotopic (exact) mass is 718 g/mol. The van der Waals surface area contributed by atoms with E-state index in [2.05, 4.69) is 192 Å². The molecule has 0 spiro atoms. The molecule has 11 aromatic rings. The van der Waals surface area contributed by atoms with Gasteiger partial charge in [0.2, 0.25) is 0 Å². The van der Waals surface area contributed by atoms with Crippen molar-refractivity contribution in [2.75, 3.05) is 0 Å². The Bertz CT molecular complexity index is 3370. The Morgan fingerprint density at radius 3 is 1.55 bits per heavy atom. The Labute approximate surface area is 322 Å². The highest BCUT2D eigenvalue weighted by Gasteiger charge is 2.19. The van der Waals surface area contributed by atoms with E-state index < -0.39 is 0 Å². The van der Waals surface area contributed by atoms with E-state index in [0.29, 0.717) is 0 Å². The van der Waals surface area contributed by atoms with Crippen LogP contribution in [0.1, 0.15) is 11.1 Å². The number of thiophene rings is 1. The number of fused-ring (bicyclic) bond motifs is 9. The van der Waals surface area contributed by atoms with Gasteiger partial charge in [-0.3, -0.25) is 0 Å². The smallest absolute Gasteiger partial charge is 0.0640 e. The van der Waals surface area contributed by atoms with Gasteiger partial charge in [0.25, 0.3) is 0 Å². The topological polar surface area (TPSA) is 9.86 Å². The number of aromatic nitrogens is 2. The molecular formula is C52H34N2S. The predicted octanol–water partition coefficient (Wildman–Crippen LogP) is 14.9. The summed E-state index contributed by atoms with van der Waals surface area (Å²) in [5.41, 5.74) is 14.2. The van der Waals surface area contributed by atoms with Crippen LogP contribution in [0.25, 0.3) is 110 Å². The van der Waals surface area contributed by atoms with Gasteiger partial charge in [-0.05, 0) is 106 Å². The second-order valence-electron chi connectivity index (χ2n) is 14.3. The minimum atomic E-state index is 1.12. The van der Waals surface area contributed by atoms with Crippen molar-refractivity contribution in [1.82, 2.24) is 9.13 Å². The molecule has 2 nitrogen and oxygen atoms in total. The predicted molar refractivity (Wildman–Crippen MR) is 239 cm³/mol. The maximum absolute atomic E-state index is 3.99. The normalized spacial score (nSPS) is 11.8. The quantitative estimate of drug-likeness (QED) is 0.162. The average Bonchev–Trinajstić information content (AvgIpc) is 3.90. The third-order valence-corrected chi connectivity index (χ3v) is 12.4. The highest BCUT2D eigenvalue weighted by atomic mass is 32.1. The zero-order chi connectivity index (χ0) is 36.6. The molecule has 0 bridgehead atoms. The summed E-state index contributed by atoms with van der Waals surface area (Å²) in [5.74, 6) is 0. The van der Waals surface area contributed by atoms with E-state index in [0.717, 1.165) is 16.8 Å². The summed E-state index contributed by atoms with van der Waals surface area (Å²) in [4.78, 5) is 0. The maximum Gasteiger partial charge on any atom is 0.0640 e. The van der Waals surface area contributed by atoms with Gasteiger partial charge >= 0.3 is 0 Å². The molecule has 0 saturated carbocycles. The van der Waals surface area contributed by atoms with Gasteiger partial charge in [-0.15, -0.1) is 11.3 Å². The van der Waals surface area contributed by atoms with Crippen molar-refractivity contribution < 1.29 is 0 Å². The van der Waals surface area contributed by atoms with Crippen LogP contribution in [0, 0.1) is 0 Å². The minimum absolute atomic E-state index is 1.12. The molecule has 0 N–H and O–H groups in total. The first-order chi connectivity index (χ1) is 27.2. The molecule has 0 aliphatic rings. The van der Waals surface area contributed by atoms with Crippen LogP contribution in [0.5, 0.6) is 0 Å². The van der Waals surface area contributed by atoms with Crippen molar-refractivity contribution in [1.29, 1.82) is 0 Å². The van der Waals surface area contributed by atoms with Crippen LogP contribution in [-0.4, -0.2) is 9.13 Å². The van der Waals surface area contributed by atoms with Crippen LogP contribution in [-0.2, 0) is 0 Å². The molecule has 0 aliphatic heterocycles. The standard InChI is InChI=1S/C52H34N2S/c1-3-33-12-9-14-35(28-33)37-22-25-48-43(30-37)40-16-5-7-19-46(40)53(48)39-24-27-51-45(32-39)42-18-11-21-50(52(42)55-51)54-47-20-8-6-17-41(47)44-31-38(23-26-49(44)54)36-15-10-13-34(4-2)29-36/h3-32H,1-2H2. The first-order valence-electron chi connectivity index (χ1n) is 18.6.